The van der Waals surface area contributed by atoms with Crippen molar-refractivity contribution in [2.45, 2.75) is 36.3 Å². The van der Waals surface area contributed by atoms with E-state index in [1.807, 2.05) is 0 Å². The molecule has 1 fully saturated rings. The molecule has 18 heavy (non-hydrogen) atoms. The average Bonchev–Trinajstić information content (AvgIpc) is 2.31. The standard InChI is InChI=1S/C13H16ClFO2S/c14-11(9-10-5-1-2-6-12(10)15)13-7-3-4-8-18(13,16)17/h1-2,5-6,11,13H,3-4,7-9H2. The largest absolute Gasteiger partial charge is 0.228 e. The molecule has 2 unspecified atom stereocenters. The molecule has 1 aliphatic rings. The van der Waals surface area contributed by atoms with Crippen molar-refractivity contribution >= 4 is 21.4 Å². The molecule has 1 aromatic rings. The molecule has 1 aliphatic heterocycles. The van der Waals surface area contributed by atoms with E-state index >= 15 is 0 Å². The van der Waals surface area contributed by atoms with Crippen molar-refractivity contribution in [1.82, 2.24) is 0 Å². The van der Waals surface area contributed by atoms with Crippen molar-refractivity contribution in [1.29, 1.82) is 0 Å². The van der Waals surface area contributed by atoms with Gasteiger partial charge in [-0.3, -0.25) is 0 Å². The molecule has 2 nitrogen and oxygen atoms in total. The third-order valence-corrected chi connectivity index (χ3v) is 6.36. The zero-order chi connectivity index (χ0) is 13.2. The zero-order valence-corrected chi connectivity index (χ0v) is 11.6. The Balaban J connectivity index is 2.12. The van der Waals surface area contributed by atoms with Gasteiger partial charge in [0, 0.05) is 0 Å². The van der Waals surface area contributed by atoms with Crippen molar-refractivity contribution < 1.29 is 12.8 Å². The second-order valence-electron chi connectivity index (χ2n) is 4.71. The fourth-order valence-corrected chi connectivity index (χ4v) is 5.13. The maximum absolute atomic E-state index is 13.5. The summed E-state index contributed by atoms with van der Waals surface area (Å²) in [6, 6.07) is 6.37. The van der Waals surface area contributed by atoms with Crippen LogP contribution in [0.25, 0.3) is 0 Å². The first-order valence-electron chi connectivity index (χ1n) is 6.10. The molecule has 2 rings (SSSR count). The van der Waals surface area contributed by atoms with E-state index in [0.29, 0.717) is 18.4 Å². The Bertz CT molecular complexity index is 515. The lowest BCUT2D eigenvalue weighted by atomic mass is 10.0. The minimum Gasteiger partial charge on any atom is -0.228 e. The number of halogens is 2. The fourth-order valence-electron chi connectivity index (χ4n) is 2.39. The normalized spacial score (nSPS) is 24.7. The van der Waals surface area contributed by atoms with Crippen LogP contribution in [0.5, 0.6) is 0 Å². The molecular formula is C13H16ClFO2S. The minimum absolute atomic E-state index is 0.207. The molecule has 0 aliphatic carbocycles. The summed E-state index contributed by atoms with van der Waals surface area (Å²) < 4.78 is 37.3. The molecule has 0 bridgehead atoms. The van der Waals surface area contributed by atoms with Crippen LogP contribution in [-0.4, -0.2) is 24.8 Å². The van der Waals surface area contributed by atoms with E-state index in [-0.39, 0.29) is 18.0 Å². The summed E-state index contributed by atoms with van der Waals surface area (Å²) in [5.41, 5.74) is 0.485. The summed E-state index contributed by atoms with van der Waals surface area (Å²) in [7, 11) is -3.11. The zero-order valence-electron chi connectivity index (χ0n) is 9.98. The van der Waals surface area contributed by atoms with Gasteiger partial charge in [0.2, 0.25) is 0 Å². The van der Waals surface area contributed by atoms with Gasteiger partial charge in [0.1, 0.15) is 5.82 Å². The van der Waals surface area contributed by atoms with Crippen LogP contribution in [0.1, 0.15) is 24.8 Å². The third-order valence-electron chi connectivity index (χ3n) is 3.40. The summed E-state index contributed by atoms with van der Waals surface area (Å²) in [6.07, 6.45) is 2.44. The fraction of sp³-hybridized carbons (Fsp3) is 0.538. The van der Waals surface area contributed by atoms with Crippen molar-refractivity contribution in [3.8, 4) is 0 Å². The quantitative estimate of drug-likeness (QED) is 0.802. The number of hydrogen-bond acceptors (Lipinski definition) is 2. The van der Waals surface area contributed by atoms with E-state index in [1.54, 1.807) is 18.2 Å². The van der Waals surface area contributed by atoms with Crippen LogP contribution < -0.4 is 0 Å². The highest BCUT2D eigenvalue weighted by Gasteiger charge is 2.34. The maximum Gasteiger partial charge on any atom is 0.154 e. The molecular weight excluding hydrogens is 275 g/mol. The predicted molar refractivity (Wildman–Crippen MR) is 71.2 cm³/mol. The van der Waals surface area contributed by atoms with Crippen LogP contribution in [0.4, 0.5) is 4.39 Å². The predicted octanol–water partition coefficient (Wildman–Crippen LogP) is 2.94. The van der Waals surface area contributed by atoms with Crippen LogP contribution in [0.15, 0.2) is 24.3 Å². The lowest BCUT2D eigenvalue weighted by Gasteiger charge is -2.26. The highest BCUT2D eigenvalue weighted by molar-refractivity contribution is 7.92. The van der Waals surface area contributed by atoms with Crippen LogP contribution in [0.3, 0.4) is 0 Å². The summed E-state index contributed by atoms with van der Waals surface area (Å²) >= 11 is 6.20. The molecule has 0 spiro atoms. The minimum atomic E-state index is -3.11. The Hall–Kier alpha value is -0.610. The second-order valence-corrected chi connectivity index (χ2v) is 7.61. The number of hydrogen-bond donors (Lipinski definition) is 0. The third kappa shape index (κ3) is 3.04. The Morgan fingerprint density at radius 1 is 1.33 bits per heavy atom. The highest BCUT2D eigenvalue weighted by Crippen LogP contribution is 2.27. The second kappa shape index (κ2) is 5.57. The van der Waals surface area contributed by atoms with Crippen molar-refractivity contribution in [3.63, 3.8) is 0 Å². The molecule has 1 saturated heterocycles. The van der Waals surface area contributed by atoms with Gasteiger partial charge in [-0.2, -0.15) is 0 Å². The van der Waals surface area contributed by atoms with E-state index in [0.717, 1.165) is 6.42 Å². The number of sulfone groups is 1. The van der Waals surface area contributed by atoms with E-state index in [2.05, 4.69) is 0 Å². The molecule has 5 heteroatoms. The molecule has 0 amide bonds. The summed E-state index contributed by atoms with van der Waals surface area (Å²) in [4.78, 5) is 0. The van der Waals surface area contributed by atoms with Crippen LogP contribution >= 0.6 is 11.6 Å². The van der Waals surface area contributed by atoms with Gasteiger partial charge in [0.25, 0.3) is 0 Å². The monoisotopic (exact) mass is 290 g/mol. The molecule has 1 heterocycles. The van der Waals surface area contributed by atoms with Gasteiger partial charge in [-0.1, -0.05) is 24.6 Å². The Kier molecular flexibility index (Phi) is 4.28. The number of rotatable bonds is 3. The lowest BCUT2D eigenvalue weighted by molar-refractivity contribution is 0.525. The SMILES string of the molecule is O=S1(=O)CCCCC1C(Cl)Cc1ccccc1F. The summed E-state index contributed by atoms with van der Waals surface area (Å²) in [6.45, 7) is 0. The van der Waals surface area contributed by atoms with E-state index in [4.69, 9.17) is 11.6 Å². The van der Waals surface area contributed by atoms with Gasteiger partial charge in [0.15, 0.2) is 9.84 Å². The lowest BCUT2D eigenvalue weighted by Crippen LogP contribution is -2.36. The maximum atomic E-state index is 13.5. The van der Waals surface area contributed by atoms with Gasteiger partial charge in [-0.15, -0.1) is 11.6 Å². The average molecular weight is 291 g/mol. The van der Waals surface area contributed by atoms with E-state index in [9.17, 15) is 12.8 Å². The number of alkyl halides is 1. The van der Waals surface area contributed by atoms with Crippen molar-refractivity contribution in [2.75, 3.05) is 5.75 Å². The van der Waals surface area contributed by atoms with Crippen molar-refractivity contribution in [3.05, 3.63) is 35.6 Å². The van der Waals surface area contributed by atoms with Gasteiger partial charge in [-0.05, 0) is 30.9 Å². The van der Waals surface area contributed by atoms with Gasteiger partial charge in [-0.25, -0.2) is 12.8 Å². The van der Waals surface area contributed by atoms with Crippen LogP contribution in [0, 0.1) is 5.82 Å². The van der Waals surface area contributed by atoms with Gasteiger partial charge >= 0.3 is 0 Å². The Morgan fingerprint density at radius 3 is 2.72 bits per heavy atom. The highest BCUT2D eigenvalue weighted by atomic mass is 35.5. The first-order valence-corrected chi connectivity index (χ1v) is 8.25. The molecule has 0 radical (unpaired) electrons. The molecule has 0 N–H and O–H groups in total. The molecule has 1 aromatic carbocycles. The Morgan fingerprint density at radius 2 is 2.06 bits per heavy atom. The summed E-state index contributed by atoms with van der Waals surface area (Å²) in [5.74, 6) is -0.116. The molecule has 2 atom stereocenters. The first kappa shape index (κ1) is 13.8. The molecule has 0 aromatic heterocycles. The Labute approximate surface area is 112 Å². The smallest absolute Gasteiger partial charge is 0.154 e. The first-order chi connectivity index (χ1) is 8.50. The molecule has 0 saturated carbocycles. The summed E-state index contributed by atoms with van der Waals surface area (Å²) in [5, 5.41) is -1.08. The molecule has 100 valence electrons. The van der Waals surface area contributed by atoms with Crippen LogP contribution in [0.2, 0.25) is 0 Å². The van der Waals surface area contributed by atoms with E-state index in [1.165, 1.54) is 6.07 Å². The van der Waals surface area contributed by atoms with Crippen LogP contribution in [-0.2, 0) is 16.3 Å². The topological polar surface area (TPSA) is 34.1 Å². The van der Waals surface area contributed by atoms with E-state index < -0.39 is 20.5 Å². The van der Waals surface area contributed by atoms with Crippen molar-refractivity contribution in [2.24, 2.45) is 0 Å². The number of benzene rings is 1. The van der Waals surface area contributed by atoms with Gasteiger partial charge in [0.05, 0.1) is 16.4 Å². The van der Waals surface area contributed by atoms with Gasteiger partial charge < -0.3 is 0 Å².